The largest absolute Gasteiger partial charge is 0.504 e. The van der Waals surface area contributed by atoms with Crippen LogP contribution in [0.15, 0.2) is 30.5 Å². The first-order valence-electron chi connectivity index (χ1n) is 23.6. The van der Waals surface area contributed by atoms with Gasteiger partial charge in [0, 0.05) is 23.2 Å². The molecule has 4 fully saturated rings. The molecule has 66 heavy (non-hydrogen) atoms. The van der Waals surface area contributed by atoms with Gasteiger partial charge in [-0.25, -0.2) is 4.68 Å². The number of amides is 2. The van der Waals surface area contributed by atoms with Crippen molar-refractivity contribution in [1.29, 1.82) is 0 Å². The van der Waals surface area contributed by atoms with Crippen molar-refractivity contribution in [3.8, 4) is 23.0 Å². The van der Waals surface area contributed by atoms with Crippen molar-refractivity contribution < 1.29 is 58.4 Å². The minimum absolute atomic E-state index is 0.0636. The van der Waals surface area contributed by atoms with Crippen molar-refractivity contribution in [2.24, 2.45) is 0 Å². The second-order valence-electron chi connectivity index (χ2n) is 19.8. The number of phenols is 2. The van der Waals surface area contributed by atoms with Crippen LogP contribution in [-0.2, 0) is 65.4 Å². The molecule has 2 saturated heterocycles. The van der Waals surface area contributed by atoms with Gasteiger partial charge in [-0.1, -0.05) is 17.3 Å². The van der Waals surface area contributed by atoms with Crippen LogP contribution in [0.25, 0.3) is 0 Å². The molecule has 2 spiro atoms. The number of nitrogens with one attached hydrogen (secondary N) is 2. The fourth-order valence-corrected chi connectivity index (χ4v) is 13.8. The number of aromatic nitrogens is 3. The molecule has 19 heteroatoms. The molecule has 1 aromatic heterocycles. The Kier molecular flexibility index (Phi) is 11.0. The fraction of sp³-hybridized carbons (Fsp3) is 0.660. The first kappa shape index (κ1) is 43.9. The Balaban J connectivity index is 0.568. The van der Waals surface area contributed by atoms with Crippen LogP contribution in [0.2, 0.25) is 0 Å². The molecule has 4 aliphatic heterocycles. The van der Waals surface area contributed by atoms with Gasteiger partial charge in [-0.3, -0.25) is 9.59 Å². The number of rotatable bonds is 17. The van der Waals surface area contributed by atoms with Crippen LogP contribution >= 0.6 is 0 Å². The Morgan fingerprint density at radius 2 is 1.21 bits per heavy atom. The van der Waals surface area contributed by atoms with Crippen LogP contribution in [0, 0.1) is 0 Å². The minimum Gasteiger partial charge on any atom is -0.504 e. The number of carbonyl (C=O) groups excluding carboxylic acids is 2. The lowest BCUT2D eigenvalue weighted by atomic mass is 9.48. The lowest BCUT2D eigenvalue weighted by Crippen LogP contribution is -2.77. The van der Waals surface area contributed by atoms with Crippen LogP contribution in [0.4, 0.5) is 0 Å². The fourth-order valence-electron chi connectivity index (χ4n) is 13.8. The Labute approximate surface area is 382 Å². The van der Waals surface area contributed by atoms with Crippen molar-refractivity contribution in [3.05, 3.63) is 58.4 Å². The summed E-state index contributed by atoms with van der Waals surface area (Å²) in [6.07, 6.45) is 5.62. The van der Waals surface area contributed by atoms with Crippen molar-refractivity contribution in [1.82, 2.24) is 35.4 Å². The quantitative estimate of drug-likeness (QED) is 0.0994. The highest BCUT2D eigenvalue weighted by Gasteiger charge is 2.74. The Bertz CT molecular complexity index is 2390. The lowest BCUT2D eigenvalue weighted by molar-refractivity contribution is -0.187. The Morgan fingerprint density at radius 3 is 1.74 bits per heavy atom. The van der Waals surface area contributed by atoms with Crippen molar-refractivity contribution in [2.45, 2.75) is 123 Å². The molecule has 6 N–H and O–H groups in total. The zero-order valence-corrected chi connectivity index (χ0v) is 37.6. The molecule has 4 aliphatic carbocycles. The molecule has 5 heterocycles. The number of hydrogen-bond acceptors (Lipinski definition) is 16. The molecule has 0 radical (unpaired) electrons. The summed E-state index contributed by atoms with van der Waals surface area (Å²) in [4.78, 5) is 30.7. The van der Waals surface area contributed by atoms with Gasteiger partial charge in [0.25, 0.3) is 0 Å². The molecule has 10 atom stereocenters. The number of benzene rings is 2. The number of carbonyl (C=O) groups is 2. The van der Waals surface area contributed by atoms with E-state index < -0.39 is 34.2 Å². The standard InChI is InChI=1S/C47H61N7O12/c1-52-13-11-44-38-27-3-5-32(55)40(38)65-42(44)30(7-9-46(44,59)34(52)21-27)48-36(57)25-63-18-17-61-16-15-54-23-29(50-51-54)24-62-19-20-64-26-37(58)49-31-8-10-47(60)35-22-28-4-6-33(56)41-39(28)45(47,43(31)66-41)12-14-53(35)2/h3-6,23,30-31,34-35,42-43,55-56,59-60H,7-22,24-26H2,1-2H3,(H,48,57)(H,49,58)/t30-,31-,34?,35?,42-,43-,44-,45-,46+,47+/m0/s1. The molecule has 2 amide bonds. The molecule has 2 aromatic carbocycles. The van der Waals surface area contributed by atoms with Gasteiger partial charge < -0.3 is 69.3 Å². The molecule has 2 unspecified atom stereocenters. The van der Waals surface area contributed by atoms with Gasteiger partial charge in [-0.2, -0.15) is 0 Å². The van der Waals surface area contributed by atoms with E-state index in [4.69, 9.17) is 28.4 Å². The molecule has 2 saturated carbocycles. The van der Waals surface area contributed by atoms with Crippen molar-refractivity contribution >= 4 is 11.8 Å². The number of likely N-dealkylation sites (N-methyl/N-ethyl adjacent to an activating group) is 2. The van der Waals surface area contributed by atoms with Crippen LogP contribution in [0.5, 0.6) is 23.0 Å². The molecule has 19 nitrogen and oxygen atoms in total. The monoisotopic (exact) mass is 915 g/mol. The minimum atomic E-state index is -1.02. The number of aromatic hydroxyl groups is 2. The average molecular weight is 916 g/mol. The topological polar surface area (TPSA) is 232 Å². The van der Waals surface area contributed by atoms with Crippen LogP contribution in [0.3, 0.4) is 0 Å². The summed E-state index contributed by atoms with van der Waals surface area (Å²) in [5.41, 5.74) is 1.18. The van der Waals surface area contributed by atoms with Crippen LogP contribution in [0.1, 0.15) is 66.5 Å². The highest BCUT2D eigenvalue weighted by atomic mass is 16.5. The number of ether oxygens (including phenoxy) is 6. The van der Waals surface area contributed by atoms with E-state index in [0.29, 0.717) is 81.7 Å². The second kappa shape index (κ2) is 16.6. The van der Waals surface area contributed by atoms with Gasteiger partial charge in [-0.15, -0.1) is 5.10 Å². The van der Waals surface area contributed by atoms with E-state index in [1.54, 1.807) is 23.0 Å². The molecule has 4 bridgehead atoms. The van der Waals surface area contributed by atoms with Gasteiger partial charge in [0.2, 0.25) is 11.8 Å². The number of aliphatic hydroxyl groups is 2. The molecule has 8 aliphatic rings. The smallest absolute Gasteiger partial charge is 0.246 e. The number of hydrogen-bond donors (Lipinski definition) is 6. The Hall–Kier alpha value is -4.60. The lowest BCUT2D eigenvalue weighted by Gasteiger charge is -2.63. The maximum absolute atomic E-state index is 13.1. The van der Waals surface area contributed by atoms with Crippen molar-refractivity contribution in [3.63, 3.8) is 0 Å². The number of piperidine rings is 2. The van der Waals surface area contributed by atoms with E-state index >= 15 is 0 Å². The van der Waals surface area contributed by atoms with E-state index in [2.05, 4.69) is 44.8 Å². The van der Waals surface area contributed by atoms with E-state index in [1.807, 2.05) is 12.1 Å². The second-order valence-corrected chi connectivity index (χ2v) is 19.8. The third-order valence-corrected chi connectivity index (χ3v) is 16.7. The number of nitrogens with zero attached hydrogens (tertiary/aromatic N) is 5. The van der Waals surface area contributed by atoms with E-state index in [1.165, 1.54) is 0 Å². The maximum Gasteiger partial charge on any atom is 0.246 e. The third-order valence-electron chi connectivity index (χ3n) is 16.7. The predicted octanol–water partition coefficient (Wildman–Crippen LogP) is 0.194. The Morgan fingerprint density at radius 1 is 0.712 bits per heavy atom. The van der Waals surface area contributed by atoms with Gasteiger partial charge in [0.1, 0.15) is 31.1 Å². The summed E-state index contributed by atoms with van der Waals surface area (Å²) < 4.78 is 37.3. The molecule has 11 rings (SSSR count). The highest BCUT2D eigenvalue weighted by molar-refractivity contribution is 5.78. The summed E-state index contributed by atoms with van der Waals surface area (Å²) >= 11 is 0. The van der Waals surface area contributed by atoms with E-state index in [-0.39, 0.29) is 93.7 Å². The zero-order chi connectivity index (χ0) is 45.6. The van der Waals surface area contributed by atoms with Crippen LogP contribution in [-0.4, -0.2) is 178 Å². The molecule has 356 valence electrons. The van der Waals surface area contributed by atoms with Gasteiger partial charge in [0.15, 0.2) is 23.0 Å². The van der Waals surface area contributed by atoms with Gasteiger partial charge in [0.05, 0.1) is 86.5 Å². The summed E-state index contributed by atoms with van der Waals surface area (Å²) in [7, 11) is 4.11. The SMILES string of the molecule is CN1CC[C@]23c4c5ccc(O)c4O[C@H]2[C@@H](NC(=O)COCCOCCn2cc(COCCOCC(=O)N[C@H]4CC[C@@]6(O)C7Cc8ccc(O)c9c8[C@@]6(CCN7C)[C@H]4O9)nn2)CC[C@@]3(O)C1C5. The maximum atomic E-state index is 13.1. The summed E-state index contributed by atoms with van der Waals surface area (Å²) in [5, 5.41) is 60.8. The number of likely N-dealkylation sites (tertiary alicyclic amines) is 2. The predicted molar refractivity (Wildman–Crippen MR) is 232 cm³/mol. The van der Waals surface area contributed by atoms with Gasteiger partial charge >= 0.3 is 0 Å². The first-order chi connectivity index (χ1) is 31.9. The van der Waals surface area contributed by atoms with E-state index in [0.717, 1.165) is 35.3 Å². The summed E-state index contributed by atoms with van der Waals surface area (Å²) in [6, 6.07) is 6.40. The number of phenolic OH excluding ortho intramolecular Hbond substituents is 2. The van der Waals surface area contributed by atoms with E-state index in [9.17, 15) is 30.0 Å². The third kappa shape index (κ3) is 6.58. The zero-order valence-electron chi connectivity index (χ0n) is 37.6. The van der Waals surface area contributed by atoms with Crippen LogP contribution < -0.4 is 20.1 Å². The van der Waals surface area contributed by atoms with Crippen molar-refractivity contribution in [2.75, 3.05) is 73.4 Å². The molecular formula is C47H61N7O12. The normalized spacial score (nSPS) is 34.2. The van der Waals surface area contributed by atoms with Gasteiger partial charge in [-0.05, 0) is 102 Å². The average Bonchev–Trinajstić information content (AvgIpc) is 4.01. The highest BCUT2D eigenvalue weighted by Crippen LogP contribution is 2.67. The molecular weight excluding hydrogens is 855 g/mol. The first-order valence-corrected chi connectivity index (χ1v) is 23.6. The molecule has 3 aromatic rings. The summed E-state index contributed by atoms with van der Waals surface area (Å²) in [6.45, 7) is 3.25. The summed E-state index contributed by atoms with van der Waals surface area (Å²) in [5.74, 6) is 0.467.